The third kappa shape index (κ3) is 4.98. The lowest BCUT2D eigenvalue weighted by atomic mass is 10.1. The fraction of sp³-hybridized carbons (Fsp3) is 0.250. The van der Waals surface area contributed by atoms with Crippen molar-refractivity contribution in [3.63, 3.8) is 0 Å². The molecule has 4 heterocycles. The van der Waals surface area contributed by atoms with Crippen molar-refractivity contribution in [1.29, 1.82) is 0 Å². The lowest BCUT2D eigenvalue weighted by Gasteiger charge is -2.32. The van der Waals surface area contributed by atoms with Crippen molar-refractivity contribution in [2.24, 2.45) is 0 Å². The van der Waals surface area contributed by atoms with Crippen LogP contribution < -0.4 is 20.3 Å². The van der Waals surface area contributed by atoms with Gasteiger partial charge < -0.3 is 20.3 Å². The zero-order valence-electron chi connectivity index (χ0n) is 23.5. The standard InChI is InChI=1S/C32H31N5O4S/c1-4-20-9-6-7-11-25(20)41-22-12-13-23(19(3)17-22)37-24-14-15-33-31-27(24)28(35-32(37)40)29(42-31)30(39)34-21-10-8-16-36(18-21)26(38)5-2/h5-7,9,11-15,17,21H,2,4,8,10,16,18H2,1,3H3,(H,34,39)(H,35,40). The topological polar surface area (TPSA) is 104 Å². The molecule has 0 saturated carbocycles. The lowest BCUT2D eigenvalue weighted by molar-refractivity contribution is -0.127. The number of rotatable bonds is 7. The highest BCUT2D eigenvalue weighted by Crippen LogP contribution is 2.46. The van der Waals surface area contributed by atoms with Crippen molar-refractivity contribution in [3.8, 4) is 11.5 Å². The Morgan fingerprint density at radius 1 is 1.21 bits per heavy atom. The number of ether oxygens (including phenoxy) is 1. The van der Waals surface area contributed by atoms with Crippen molar-refractivity contribution in [1.82, 2.24) is 15.2 Å². The number of urea groups is 1. The predicted octanol–water partition coefficient (Wildman–Crippen LogP) is 6.55. The van der Waals surface area contributed by atoms with Gasteiger partial charge in [-0.1, -0.05) is 31.7 Å². The Bertz CT molecular complexity index is 1730. The predicted molar refractivity (Wildman–Crippen MR) is 165 cm³/mol. The molecule has 10 heteroatoms. The van der Waals surface area contributed by atoms with E-state index in [1.807, 2.05) is 49.4 Å². The summed E-state index contributed by atoms with van der Waals surface area (Å²) >= 11 is 1.24. The number of aryl methyl sites for hydroxylation is 2. The molecule has 4 amide bonds. The number of likely N-dealkylation sites (tertiary alicyclic amines) is 1. The van der Waals surface area contributed by atoms with Gasteiger partial charge in [0.05, 0.1) is 22.4 Å². The molecule has 0 radical (unpaired) electrons. The molecule has 0 bridgehead atoms. The van der Waals surface area contributed by atoms with Gasteiger partial charge in [0, 0.05) is 25.3 Å². The first-order chi connectivity index (χ1) is 20.4. The number of nitrogens with zero attached hydrogens (tertiary/aromatic N) is 3. The third-order valence-corrected chi connectivity index (χ3v) is 8.78. The summed E-state index contributed by atoms with van der Waals surface area (Å²) in [7, 11) is 0. The van der Waals surface area contributed by atoms with Crippen LogP contribution in [0.4, 0.5) is 21.9 Å². The average molecular weight is 582 g/mol. The molecule has 1 atom stereocenters. The second-order valence-electron chi connectivity index (χ2n) is 10.4. The fourth-order valence-corrected chi connectivity index (χ4v) is 6.65. The van der Waals surface area contributed by atoms with Gasteiger partial charge in [0.2, 0.25) is 5.91 Å². The zero-order valence-corrected chi connectivity index (χ0v) is 24.3. The van der Waals surface area contributed by atoms with Gasteiger partial charge in [-0.2, -0.15) is 0 Å². The van der Waals surface area contributed by atoms with E-state index < -0.39 is 0 Å². The molecule has 4 aromatic rings. The summed E-state index contributed by atoms with van der Waals surface area (Å²) in [5.74, 6) is 1.05. The van der Waals surface area contributed by atoms with Crippen LogP contribution >= 0.6 is 11.3 Å². The minimum Gasteiger partial charge on any atom is -0.457 e. The molecule has 9 nitrogen and oxygen atoms in total. The van der Waals surface area contributed by atoms with Crippen molar-refractivity contribution in [2.45, 2.75) is 39.2 Å². The van der Waals surface area contributed by atoms with Crippen LogP contribution in [0.25, 0.3) is 10.2 Å². The summed E-state index contributed by atoms with van der Waals surface area (Å²) in [4.78, 5) is 48.0. The van der Waals surface area contributed by atoms with Crippen molar-refractivity contribution >= 4 is 56.5 Å². The van der Waals surface area contributed by atoms with Crippen LogP contribution in [0.2, 0.25) is 0 Å². The third-order valence-electron chi connectivity index (χ3n) is 7.69. The molecule has 2 aromatic carbocycles. The number of hydrogen-bond acceptors (Lipinski definition) is 6. The zero-order chi connectivity index (χ0) is 29.4. The molecular weight excluding hydrogens is 550 g/mol. The van der Waals surface area contributed by atoms with Gasteiger partial charge in [0.15, 0.2) is 0 Å². The van der Waals surface area contributed by atoms with E-state index in [0.717, 1.165) is 41.5 Å². The highest BCUT2D eigenvalue weighted by Gasteiger charge is 2.34. The van der Waals surface area contributed by atoms with Crippen molar-refractivity contribution < 1.29 is 19.1 Å². The van der Waals surface area contributed by atoms with Gasteiger partial charge in [0.1, 0.15) is 21.2 Å². The SMILES string of the molecule is C=CC(=O)N1CCCC(NC(=O)c2sc3nccc4c3c2NC(=O)N4c2ccc(Oc3ccccc3CC)cc2C)C1. The van der Waals surface area contributed by atoms with Crippen LogP contribution in [-0.4, -0.2) is 46.9 Å². The van der Waals surface area contributed by atoms with E-state index in [-0.39, 0.29) is 23.9 Å². The highest BCUT2D eigenvalue weighted by atomic mass is 32.1. The number of piperidine rings is 1. The second-order valence-corrected chi connectivity index (χ2v) is 11.4. The smallest absolute Gasteiger partial charge is 0.331 e. The second kappa shape index (κ2) is 11.3. The Morgan fingerprint density at radius 2 is 2.05 bits per heavy atom. The van der Waals surface area contributed by atoms with E-state index >= 15 is 0 Å². The van der Waals surface area contributed by atoms with Crippen molar-refractivity contribution in [3.05, 3.63) is 83.4 Å². The summed E-state index contributed by atoms with van der Waals surface area (Å²) < 4.78 is 6.18. The van der Waals surface area contributed by atoms with Crippen LogP contribution in [0.5, 0.6) is 11.5 Å². The van der Waals surface area contributed by atoms with E-state index in [1.165, 1.54) is 17.4 Å². The van der Waals surface area contributed by atoms with Crippen LogP contribution in [0.1, 0.15) is 40.6 Å². The van der Waals surface area contributed by atoms with E-state index in [1.54, 1.807) is 22.1 Å². The Morgan fingerprint density at radius 3 is 2.83 bits per heavy atom. The molecule has 2 aromatic heterocycles. The number of carbonyl (C=O) groups excluding carboxylic acids is 3. The number of thiophene rings is 1. The highest BCUT2D eigenvalue weighted by molar-refractivity contribution is 7.21. The summed E-state index contributed by atoms with van der Waals surface area (Å²) in [6.45, 7) is 8.65. The van der Waals surface area contributed by atoms with Crippen LogP contribution in [0.15, 0.2) is 67.4 Å². The van der Waals surface area contributed by atoms with E-state index in [0.29, 0.717) is 45.6 Å². The molecule has 1 saturated heterocycles. The van der Waals surface area contributed by atoms with Gasteiger partial charge in [-0.25, -0.2) is 9.78 Å². The van der Waals surface area contributed by atoms with E-state index in [9.17, 15) is 14.4 Å². The number of aromatic nitrogens is 1. The maximum atomic E-state index is 13.6. The molecule has 2 N–H and O–H groups in total. The molecule has 1 fully saturated rings. The maximum absolute atomic E-state index is 13.6. The largest absolute Gasteiger partial charge is 0.457 e. The number of carbonyl (C=O) groups is 3. The molecule has 0 spiro atoms. The fourth-order valence-electron chi connectivity index (χ4n) is 5.62. The Hall–Kier alpha value is -4.70. The summed E-state index contributed by atoms with van der Waals surface area (Å²) in [6.07, 6.45) is 5.35. The number of pyridine rings is 1. The number of nitrogens with one attached hydrogen (secondary N) is 2. The summed E-state index contributed by atoms with van der Waals surface area (Å²) in [5, 5.41) is 6.74. The normalized spacial score (nSPS) is 16.2. The summed E-state index contributed by atoms with van der Waals surface area (Å²) in [5.41, 5.74) is 3.79. The average Bonchev–Trinajstić information content (AvgIpc) is 3.37. The van der Waals surface area contributed by atoms with Gasteiger partial charge >= 0.3 is 6.03 Å². The Labute approximate surface area is 247 Å². The minimum absolute atomic E-state index is 0.146. The van der Waals surface area contributed by atoms with E-state index in [2.05, 4.69) is 29.1 Å². The first-order valence-corrected chi connectivity index (χ1v) is 14.8. The molecule has 6 rings (SSSR count). The lowest BCUT2D eigenvalue weighted by Crippen LogP contribution is -2.49. The van der Waals surface area contributed by atoms with Crippen molar-refractivity contribution in [2.75, 3.05) is 23.3 Å². The number of amides is 4. The van der Waals surface area contributed by atoms with Gasteiger partial charge in [-0.05, 0) is 73.7 Å². The number of anilines is 3. The molecule has 214 valence electrons. The van der Waals surface area contributed by atoms with E-state index in [4.69, 9.17) is 4.74 Å². The Balaban J connectivity index is 1.29. The quantitative estimate of drug-likeness (QED) is 0.241. The van der Waals surface area contributed by atoms with Gasteiger partial charge in [0.25, 0.3) is 5.91 Å². The number of para-hydroxylation sites is 1. The molecular formula is C32H31N5O4S. The maximum Gasteiger partial charge on any atom is 0.331 e. The summed E-state index contributed by atoms with van der Waals surface area (Å²) in [6, 6.07) is 14.8. The van der Waals surface area contributed by atoms with Crippen LogP contribution in [-0.2, 0) is 11.2 Å². The molecule has 2 aliphatic rings. The number of benzene rings is 2. The monoisotopic (exact) mass is 581 g/mol. The molecule has 0 aliphatic carbocycles. The van der Waals surface area contributed by atoms with Crippen LogP contribution in [0, 0.1) is 6.92 Å². The Kier molecular flexibility index (Phi) is 7.38. The first kappa shape index (κ1) is 27.5. The molecule has 42 heavy (non-hydrogen) atoms. The number of hydrogen-bond donors (Lipinski definition) is 2. The van der Waals surface area contributed by atoms with Crippen LogP contribution in [0.3, 0.4) is 0 Å². The molecule has 1 unspecified atom stereocenters. The first-order valence-electron chi connectivity index (χ1n) is 14.0. The molecule has 2 aliphatic heterocycles. The minimum atomic E-state index is -0.365. The van der Waals surface area contributed by atoms with Gasteiger partial charge in [-0.3, -0.25) is 14.5 Å². The van der Waals surface area contributed by atoms with Gasteiger partial charge in [-0.15, -0.1) is 11.3 Å².